The van der Waals surface area contributed by atoms with E-state index >= 15 is 0 Å². The lowest BCUT2D eigenvalue weighted by atomic mass is 10.0. The topological polar surface area (TPSA) is 40.6 Å². The second-order valence-electron chi connectivity index (χ2n) is 6.58. The molecule has 0 radical (unpaired) electrons. The van der Waals surface area contributed by atoms with Gasteiger partial charge in [0, 0.05) is 31.7 Å². The van der Waals surface area contributed by atoms with Gasteiger partial charge in [0.25, 0.3) is 5.91 Å². The Labute approximate surface area is 173 Å². The first kappa shape index (κ1) is 18.7. The summed E-state index contributed by atoms with van der Waals surface area (Å²) in [6, 6.07) is 18.4. The third-order valence-corrected chi connectivity index (χ3v) is 6.10. The quantitative estimate of drug-likeness (QED) is 0.590. The molecule has 1 amide bonds. The molecule has 28 heavy (non-hydrogen) atoms. The first-order chi connectivity index (χ1) is 13.6. The van der Waals surface area contributed by atoms with Crippen molar-refractivity contribution in [2.24, 2.45) is 0 Å². The van der Waals surface area contributed by atoms with Gasteiger partial charge in [0.15, 0.2) is 0 Å². The van der Waals surface area contributed by atoms with Gasteiger partial charge in [-0.3, -0.25) is 9.59 Å². The molecule has 4 nitrogen and oxygen atoms in total. The van der Waals surface area contributed by atoms with Crippen LogP contribution in [0.1, 0.15) is 25.6 Å². The largest absolute Gasteiger partial charge is 0.367 e. The minimum absolute atomic E-state index is 0.0979. The molecule has 0 bridgehead atoms. The fourth-order valence-corrected chi connectivity index (χ4v) is 4.37. The van der Waals surface area contributed by atoms with Crippen LogP contribution in [0.15, 0.2) is 66.0 Å². The molecule has 1 fully saturated rings. The molecular formula is C22H19ClN2O2S. The molecule has 1 saturated heterocycles. The Balaban J connectivity index is 1.51. The van der Waals surface area contributed by atoms with Gasteiger partial charge in [0.1, 0.15) is 0 Å². The molecule has 2 heterocycles. The van der Waals surface area contributed by atoms with Crippen molar-refractivity contribution in [3.63, 3.8) is 0 Å². The van der Waals surface area contributed by atoms with Crippen molar-refractivity contribution in [3.8, 4) is 0 Å². The minimum atomic E-state index is -0.103. The van der Waals surface area contributed by atoms with E-state index in [1.54, 1.807) is 30.3 Å². The number of amides is 1. The number of piperazine rings is 1. The van der Waals surface area contributed by atoms with E-state index in [1.165, 1.54) is 11.3 Å². The van der Waals surface area contributed by atoms with E-state index in [-0.39, 0.29) is 11.7 Å². The molecular weight excluding hydrogens is 392 g/mol. The van der Waals surface area contributed by atoms with Gasteiger partial charge in [0.2, 0.25) is 5.78 Å². The second-order valence-corrected chi connectivity index (χ2v) is 7.94. The molecule has 0 aliphatic carbocycles. The number of hydrogen-bond donors (Lipinski definition) is 0. The van der Waals surface area contributed by atoms with Crippen LogP contribution in [0.4, 0.5) is 5.69 Å². The second kappa shape index (κ2) is 8.17. The number of anilines is 1. The molecule has 0 spiro atoms. The molecule has 6 heteroatoms. The Morgan fingerprint density at radius 1 is 0.821 bits per heavy atom. The highest BCUT2D eigenvalue weighted by Crippen LogP contribution is 2.27. The zero-order chi connectivity index (χ0) is 19.5. The first-order valence-corrected chi connectivity index (χ1v) is 10.4. The van der Waals surface area contributed by atoms with Gasteiger partial charge < -0.3 is 9.80 Å². The Hall–Kier alpha value is -2.63. The predicted octanol–water partition coefficient (Wildman–Crippen LogP) is 4.59. The summed E-state index contributed by atoms with van der Waals surface area (Å²) in [6.07, 6.45) is 0. The number of para-hydroxylation sites is 1. The average molecular weight is 411 g/mol. The van der Waals surface area contributed by atoms with Crippen molar-refractivity contribution in [1.29, 1.82) is 0 Å². The summed E-state index contributed by atoms with van der Waals surface area (Å²) in [5.74, 6) is -0.201. The van der Waals surface area contributed by atoms with Gasteiger partial charge in [-0.25, -0.2) is 0 Å². The van der Waals surface area contributed by atoms with E-state index in [0.717, 1.165) is 5.69 Å². The number of rotatable bonds is 4. The maximum Gasteiger partial charge on any atom is 0.254 e. The van der Waals surface area contributed by atoms with E-state index in [2.05, 4.69) is 4.90 Å². The Bertz CT molecular complexity index is 995. The minimum Gasteiger partial charge on any atom is -0.367 e. The molecule has 4 rings (SSSR count). The van der Waals surface area contributed by atoms with Crippen LogP contribution < -0.4 is 4.90 Å². The van der Waals surface area contributed by atoms with Gasteiger partial charge in [-0.15, -0.1) is 11.3 Å². The highest BCUT2D eigenvalue weighted by molar-refractivity contribution is 7.12. The monoisotopic (exact) mass is 410 g/mol. The smallest absolute Gasteiger partial charge is 0.254 e. The van der Waals surface area contributed by atoms with Gasteiger partial charge in [-0.05, 0) is 29.6 Å². The Morgan fingerprint density at radius 2 is 1.50 bits per heavy atom. The van der Waals surface area contributed by atoms with Crippen molar-refractivity contribution in [1.82, 2.24) is 4.90 Å². The summed E-state index contributed by atoms with van der Waals surface area (Å²) in [5, 5.41) is 2.58. The summed E-state index contributed by atoms with van der Waals surface area (Å²) in [7, 11) is 0. The molecule has 0 N–H and O–H groups in total. The van der Waals surface area contributed by atoms with Crippen LogP contribution in [0.3, 0.4) is 0 Å². The average Bonchev–Trinajstić information content (AvgIpc) is 3.28. The number of thiophene rings is 1. The molecule has 0 saturated carbocycles. The van der Waals surface area contributed by atoms with Crippen LogP contribution in [-0.4, -0.2) is 42.8 Å². The summed E-state index contributed by atoms with van der Waals surface area (Å²) in [5.41, 5.74) is 1.92. The SMILES string of the molecule is O=C(c1cccs1)c1ccccc1C(=O)N1CCN(c2ccccc2Cl)CC1. The van der Waals surface area contributed by atoms with E-state index in [4.69, 9.17) is 11.6 Å². The van der Waals surface area contributed by atoms with Crippen LogP contribution >= 0.6 is 22.9 Å². The highest BCUT2D eigenvalue weighted by atomic mass is 35.5. The summed E-state index contributed by atoms with van der Waals surface area (Å²) in [4.78, 5) is 30.6. The van der Waals surface area contributed by atoms with Crippen LogP contribution in [-0.2, 0) is 0 Å². The van der Waals surface area contributed by atoms with Crippen molar-refractivity contribution >= 4 is 40.3 Å². The van der Waals surface area contributed by atoms with Gasteiger partial charge in [-0.1, -0.05) is 48.0 Å². The molecule has 1 aromatic heterocycles. The van der Waals surface area contributed by atoms with Crippen molar-refractivity contribution in [3.05, 3.63) is 87.1 Å². The van der Waals surface area contributed by atoms with E-state index in [9.17, 15) is 9.59 Å². The highest BCUT2D eigenvalue weighted by Gasteiger charge is 2.26. The number of halogens is 1. The van der Waals surface area contributed by atoms with Crippen molar-refractivity contribution in [2.45, 2.75) is 0 Å². The predicted molar refractivity (Wildman–Crippen MR) is 114 cm³/mol. The van der Waals surface area contributed by atoms with Gasteiger partial charge in [-0.2, -0.15) is 0 Å². The number of benzene rings is 2. The zero-order valence-electron chi connectivity index (χ0n) is 15.2. The Morgan fingerprint density at radius 3 is 2.18 bits per heavy atom. The number of carbonyl (C=O) groups excluding carboxylic acids is 2. The molecule has 2 aromatic carbocycles. The Kier molecular flexibility index (Phi) is 5.46. The van der Waals surface area contributed by atoms with E-state index in [0.29, 0.717) is 47.2 Å². The first-order valence-electron chi connectivity index (χ1n) is 9.11. The van der Waals surface area contributed by atoms with Gasteiger partial charge in [0.05, 0.1) is 21.2 Å². The number of nitrogens with zero attached hydrogens (tertiary/aromatic N) is 2. The number of hydrogen-bond acceptors (Lipinski definition) is 4. The zero-order valence-corrected chi connectivity index (χ0v) is 16.7. The van der Waals surface area contributed by atoms with E-state index < -0.39 is 0 Å². The molecule has 1 aliphatic heterocycles. The van der Waals surface area contributed by atoms with Crippen molar-refractivity contribution in [2.75, 3.05) is 31.1 Å². The van der Waals surface area contributed by atoms with E-state index in [1.807, 2.05) is 40.6 Å². The van der Waals surface area contributed by atoms with Crippen LogP contribution in [0, 0.1) is 0 Å². The molecule has 142 valence electrons. The molecule has 1 aliphatic rings. The molecule has 0 unspecified atom stereocenters. The fourth-order valence-electron chi connectivity index (χ4n) is 3.44. The van der Waals surface area contributed by atoms with Crippen molar-refractivity contribution < 1.29 is 9.59 Å². The van der Waals surface area contributed by atoms with Crippen LogP contribution in [0.25, 0.3) is 0 Å². The summed E-state index contributed by atoms with van der Waals surface area (Å²) < 4.78 is 0. The summed E-state index contributed by atoms with van der Waals surface area (Å²) >= 11 is 7.69. The summed E-state index contributed by atoms with van der Waals surface area (Å²) in [6.45, 7) is 2.59. The lowest BCUT2D eigenvalue weighted by Gasteiger charge is -2.36. The van der Waals surface area contributed by atoms with Crippen LogP contribution in [0.5, 0.6) is 0 Å². The lowest BCUT2D eigenvalue weighted by molar-refractivity contribution is 0.0742. The normalized spacial score (nSPS) is 14.2. The standard InChI is InChI=1S/C22H19ClN2O2S/c23-18-8-3-4-9-19(18)24-11-13-25(14-12-24)22(27)17-7-2-1-6-16(17)21(26)20-10-5-15-28-20/h1-10,15H,11-14H2. The van der Waals surface area contributed by atoms with Crippen LogP contribution in [0.2, 0.25) is 5.02 Å². The maximum atomic E-state index is 13.1. The third-order valence-electron chi connectivity index (χ3n) is 4.91. The number of carbonyl (C=O) groups is 2. The lowest BCUT2D eigenvalue weighted by Crippen LogP contribution is -2.49. The fraction of sp³-hybridized carbons (Fsp3) is 0.182. The van der Waals surface area contributed by atoms with Gasteiger partial charge >= 0.3 is 0 Å². The molecule has 3 aromatic rings. The number of ketones is 1. The third kappa shape index (κ3) is 3.68. The molecule has 0 atom stereocenters. The maximum absolute atomic E-state index is 13.1.